The average Bonchev–Trinajstić information content (AvgIpc) is 3.15. The first-order valence-corrected chi connectivity index (χ1v) is 11.9. The third kappa shape index (κ3) is 4.14. The molecule has 0 radical (unpaired) electrons. The quantitative estimate of drug-likeness (QED) is 0.607. The van der Waals surface area contributed by atoms with Crippen molar-refractivity contribution < 1.29 is 21.6 Å². The zero-order valence-electron chi connectivity index (χ0n) is 15.5. The summed E-state index contributed by atoms with van der Waals surface area (Å²) in [4.78, 5) is 6.48. The average molecular weight is 476 g/mol. The van der Waals surface area contributed by atoms with Crippen LogP contribution in [0.3, 0.4) is 0 Å². The Morgan fingerprint density at radius 2 is 1.93 bits per heavy atom. The van der Waals surface area contributed by atoms with Crippen LogP contribution >= 0.6 is 22.9 Å². The second-order valence-corrected chi connectivity index (χ2v) is 10.6. The number of anilines is 1. The number of aromatic nitrogens is 1. The van der Waals surface area contributed by atoms with Gasteiger partial charge in [-0.15, -0.1) is 11.3 Å². The fourth-order valence-electron chi connectivity index (χ4n) is 3.44. The summed E-state index contributed by atoms with van der Waals surface area (Å²) in [6, 6.07) is 6.48. The summed E-state index contributed by atoms with van der Waals surface area (Å²) in [6.07, 6.45) is -3.09. The number of sulfone groups is 1. The van der Waals surface area contributed by atoms with E-state index in [9.17, 15) is 21.6 Å². The Labute approximate surface area is 180 Å². The molecule has 0 unspecified atom stereocenters. The topological polar surface area (TPSA) is 62.3 Å². The van der Waals surface area contributed by atoms with Crippen molar-refractivity contribution in [3.8, 4) is 0 Å². The molecule has 3 aromatic rings. The number of nitrogens with one attached hydrogen (secondary N) is 1. The normalized spacial score (nSPS) is 15.7. The lowest BCUT2D eigenvalue weighted by atomic mass is 10.1. The van der Waals surface area contributed by atoms with Crippen LogP contribution < -0.4 is 10.2 Å². The standard InChI is InChI=1S/C19H17ClF3N3O2S2/c20-15-3-1-2-14(19(21,22)23)13(15)11-30(27,28)17-10-12-16(29-17)4-5-25-18(12)26-8-6-24-7-9-26/h1-5,10,24H,6-9,11H2. The second kappa shape index (κ2) is 7.99. The van der Waals surface area contributed by atoms with Gasteiger partial charge in [-0.05, 0) is 29.8 Å². The maximum absolute atomic E-state index is 13.4. The minimum absolute atomic E-state index is 0.00470. The largest absolute Gasteiger partial charge is 0.416 e. The molecule has 0 atom stereocenters. The predicted octanol–water partition coefficient (Wildman–Crippen LogP) is 4.35. The Kier molecular flexibility index (Phi) is 5.69. The van der Waals surface area contributed by atoms with E-state index >= 15 is 0 Å². The molecule has 1 aromatic carbocycles. The van der Waals surface area contributed by atoms with Crippen molar-refractivity contribution >= 4 is 48.7 Å². The van der Waals surface area contributed by atoms with Crippen LogP contribution in [0, 0.1) is 0 Å². The lowest BCUT2D eigenvalue weighted by Crippen LogP contribution is -2.43. The summed E-state index contributed by atoms with van der Waals surface area (Å²) in [7, 11) is -4.05. The van der Waals surface area contributed by atoms with Crippen molar-refractivity contribution in [1.82, 2.24) is 10.3 Å². The lowest BCUT2D eigenvalue weighted by Gasteiger charge is -2.28. The Bertz CT molecular complexity index is 1190. The number of alkyl halides is 3. The molecule has 1 saturated heterocycles. The molecule has 0 saturated carbocycles. The number of hydrogen-bond acceptors (Lipinski definition) is 6. The summed E-state index contributed by atoms with van der Waals surface area (Å²) < 4.78 is 66.9. The molecule has 160 valence electrons. The number of nitrogens with zero attached hydrogens (tertiary/aromatic N) is 2. The van der Waals surface area contributed by atoms with Gasteiger partial charge in [-0.2, -0.15) is 13.2 Å². The molecule has 0 aliphatic carbocycles. The summed E-state index contributed by atoms with van der Waals surface area (Å²) in [6.45, 7) is 3.05. The van der Waals surface area contributed by atoms with Crippen LogP contribution in [0.1, 0.15) is 11.1 Å². The molecule has 1 aliphatic heterocycles. The Balaban J connectivity index is 1.74. The number of piperazine rings is 1. The van der Waals surface area contributed by atoms with E-state index in [1.165, 1.54) is 12.1 Å². The molecule has 0 spiro atoms. The highest BCUT2D eigenvalue weighted by Crippen LogP contribution is 2.39. The van der Waals surface area contributed by atoms with Gasteiger partial charge in [0.1, 0.15) is 10.0 Å². The maximum Gasteiger partial charge on any atom is 0.416 e. The first-order valence-electron chi connectivity index (χ1n) is 9.08. The summed E-state index contributed by atoms with van der Waals surface area (Å²) >= 11 is 6.98. The highest BCUT2D eigenvalue weighted by atomic mass is 35.5. The van der Waals surface area contributed by atoms with Crippen LogP contribution in [-0.4, -0.2) is 39.6 Å². The van der Waals surface area contributed by atoms with Gasteiger partial charge in [0, 0.05) is 47.5 Å². The number of benzene rings is 1. The fraction of sp³-hybridized carbons (Fsp3) is 0.316. The van der Waals surface area contributed by atoms with E-state index in [1.807, 2.05) is 0 Å². The SMILES string of the molecule is O=S(=O)(Cc1c(Cl)cccc1C(F)(F)F)c1cc2c(N3CCNCC3)nccc2s1. The van der Waals surface area contributed by atoms with E-state index < -0.39 is 32.9 Å². The van der Waals surface area contributed by atoms with E-state index in [-0.39, 0.29) is 9.23 Å². The molecule has 11 heteroatoms. The Morgan fingerprint density at radius 1 is 1.20 bits per heavy atom. The van der Waals surface area contributed by atoms with Crippen molar-refractivity contribution in [3.63, 3.8) is 0 Å². The predicted molar refractivity (Wildman–Crippen MR) is 112 cm³/mol. The molecule has 2 aromatic heterocycles. The highest BCUT2D eigenvalue weighted by Gasteiger charge is 2.36. The monoisotopic (exact) mass is 475 g/mol. The van der Waals surface area contributed by atoms with Crippen molar-refractivity contribution in [2.45, 2.75) is 16.1 Å². The summed E-state index contributed by atoms with van der Waals surface area (Å²) in [5.74, 6) is -0.148. The van der Waals surface area contributed by atoms with E-state index in [4.69, 9.17) is 11.6 Å². The maximum atomic E-state index is 13.4. The molecule has 3 heterocycles. The molecule has 1 aliphatic rings. The number of fused-ring (bicyclic) bond motifs is 1. The second-order valence-electron chi connectivity index (χ2n) is 6.87. The molecule has 1 N–H and O–H groups in total. The van der Waals surface area contributed by atoms with Crippen LogP contribution in [0.5, 0.6) is 0 Å². The van der Waals surface area contributed by atoms with Gasteiger partial charge in [0.25, 0.3) is 0 Å². The van der Waals surface area contributed by atoms with Crippen LogP contribution in [0.2, 0.25) is 5.02 Å². The van der Waals surface area contributed by atoms with Crippen LogP contribution in [0.15, 0.2) is 40.7 Å². The van der Waals surface area contributed by atoms with Crippen molar-refractivity contribution in [2.24, 2.45) is 0 Å². The number of pyridine rings is 1. The molecule has 4 rings (SSSR count). The zero-order valence-corrected chi connectivity index (χ0v) is 17.9. The first kappa shape index (κ1) is 21.4. The molecule has 30 heavy (non-hydrogen) atoms. The van der Waals surface area contributed by atoms with Crippen molar-refractivity contribution in [1.29, 1.82) is 0 Å². The first-order chi connectivity index (χ1) is 14.2. The van der Waals surface area contributed by atoms with Gasteiger partial charge in [0.05, 0.1) is 11.3 Å². The van der Waals surface area contributed by atoms with Gasteiger partial charge >= 0.3 is 6.18 Å². The molecule has 0 amide bonds. The van der Waals surface area contributed by atoms with Gasteiger partial charge in [-0.1, -0.05) is 17.7 Å². The van der Waals surface area contributed by atoms with E-state index in [0.717, 1.165) is 49.6 Å². The van der Waals surface area contributed by atoms with Gasteiger partial charge in [-0.3, -0.25) is 0 Å². The highest BCUT2D eigenvalue weighted by molar-refractivity contribution is 7.92. The van der Waals surface area contributed by atoms with E-state index in [2.05, 4.69) is 15.2 Å². The Morgan fingerprint density at radius 3 is 2.63 bits per heavy atom. The van der Waals surface area contributed by atoms with Crippen molar-refractivity contribution in [2.75, 3.05) is 31.1 Å². The molecular weight excluding hydrogens is 459 g/mol. The number of thiophene rings is 1. The molecule has 1 fully saturated rings. The summed E-state index contributed by atoms with van der Waals surface area (Å²) in [5, 5.41) is 3.70. The molecular formula is C19H17ClF3N3O2S2. The van der Waals surface area contributed by atoms with Crippen LogP contribution in [-0.2, 0) is 21.8 Å². The minimum atomic E-state index is -4.70. The molecule has 0 bridgehead atoms. The summed E-state index contributed by atoms with van der Waals surface area (Å²) in [5.41, 5.74) is -1.48. The zero-order chi connectivity index (χ0) is 21.5. The lowest BCUT2D eigenvalue weighted by molar-refractivity contribution is -0.138. The van der Waals surface area contributed by atoms with Gasteiger partial charge in [0.2, 0.25) is 0 Å². The van der Waals surface area contributed by atoms with Crippen LogP contribution in [0.4, 0.5) is 19.0 Å². The molecule has 5 nitrogen and oxygen atoms in total. The number of hydrogen-bond donors (Lipinski definition) is 1. The third-order valence-electron chi connectivity index (χ3n) is 4.88. The van der Waals surface area contributed by atoms with Gasteiger partial charge < -0.3 is 10.2 Å². The number of halogens is 4. The van der Waals surface area contributed by atoms with E-state index in [0.29, 0.717) is 15.9 Å². The Hall–Kier alpha value is -1.88. The third-order valence-corrected chi connectivity index (χ3v) is 8.54. The van der Waals surface area contributed by atoms with Gasteiger partial charge in [0.15, 0.2) is 9.84 Å². The van der Waals surface area contributed by atoms with Gasteiger partial charge in [-0.25, -0.2) is 13.4 Å². The fourth-order valence-corrected chi connectivity index (χ4v) is 6.63. The smallest absolute Gasteiger partial charge is 0.354 e. The minimum Gasteiger partial charge on any atom is -0.354 e. The van der Waals surface area contributed by atoms with E-state index in [1.54, 1.807) is 12.3 Å². The number of rotatable bonds is 4. The van der Waals surface area contributed by atoms with Crippen molar-refractivity contribution in [3.05, 3.63) is 52.7 Å². The van der Waals surface area contributed by atoms with Crippen LogP contribution in [0.25, 0.3) is 10.1 Å².